The van der Waals surface area contributed by atoms with Gasteiger partial charge in [-0.25, -0.2) is 0 Å². The van der Waals surface area contributed by atoms with Gasteiger partial charge in [-0.05, 0) is 55.0 Å². The van der Waals surface area contributed by atoms with Gasteiger partial charge in [0.25, 0.3) is 5.91 Å². The van der Waals surface area contributed by atoms with Crippen molar-refractivity contribution >= 4 is 11.6 Å². The second-order valence-electron chi connectivity index (χ2n) is 6.62. The van der Waals surface area contributed by atoms with Crippen LogP contribution in [0.4, 0.5) is 5.69 Å². The van der Waals surface area contributed by atoms with Crippen molar-refractivity contribution in [2.75, 3.05) is 4.90 Å². The van der Waals surface area contributed by atoms with Crippen molar-refractivity contribution in [2.45, 2.75) is 45.1 Å². The maximum atomic E-state index is 12.6. The van der Waals surface area contributed by atoms with Gasteiger partial charge in [-0.2, -0.15) is 0 Å². The summed E-state index contributed by atoms with van der Waals surface area (Å²) in [6.07, 6.45) is 5.33. The van der Waals surface area contributed by atoms with Crippen LogP contribution in [0.25, 0.3) is 0 Å². The molecular formula is C20H21NO. The van der Waals surface area contributed by atoms with Crippen molar-refractivity contribution in [3.63, 3.8) is 0 Å². The number of hydrogen-bond acceptors (Lipinski definition) is 1. The number of fused-ring (bicyclic) bond motifs is 1. The molecular weight excluding hydrogens is 270 g/mol. The lowest BCUT2D eigenvalue weighted by molar-refractivity contribution is 0.0996. The fourth-order valence-electron chi connectivity index (χ4n) is 3.81. The molecule has 1 aliphatic carbocycles. The topological polar surface area (TPSA) is 20.3 Å². The first-order valence-corrected chi connectivity index (χ1v) is 8.24. The number of amides is 1. The average molecular weight is 291 g/mol. The van der Waals surface area contributed by atoms with Crippen LogP contribution in [0.3, 0.4) is 0 Å². The lowest BCUT2D eigenvalue weighted by Gasteiger charge is -2.17. The molecule has 0 unspecified atom stereocenters. The summed E-state index contributed by atoms with van der Waals surface area (Å²) in [6.45, 7) is 2.73. The molecule has 1 heterocycles. The third kappa shape index (κ3) is 2.23. The van der Waals surface area contributed by atoms with E-state index in [1.54, 1.807) is 0 Å². The molecule has 2 aromatic rings. The van der Waals surface area contributed by atoms with Crippen molar-refractivity contribution in [1.82, 2.24) is 0 Å². The molecule has 0 N–H and O–H groups in total. The summed E-state index contributed by atoms with van der Waals surface area (Å²) in [5, 5.41) is 0. The van der Waals surface area contributed by atoms with Crippen LogP contribution in [0.2, 0.25) is 0 Å². The first kappa shape index (κ1) is 13.6. The molecule has 2 aromatic carbocycles. The smallest absolute Gasteiger partial charge is 0.258 e. The van der Waals surface area contributed by atoms with Crippen molar-refractivity contribution in [3.8, 4) is 0 Å². The molecule has 112 valence electrons. The highest BCUT2D eigenvalue weighted by Crippen LogP contribution is 2.35. The van der Waals surface area contributed by atoms with Gasteiger partial charge in [0, 0.05) is 11.3 Å². The fraction of sp³-hybridized carbons (Fsp3) is 0.350. The molecule has 4 rings (SSSR count). The zero-order valence-corrected chi connectivity index (χ0v) is 13.0. The SMILES string of the molecule is Cc1ccc2c(c1)C(=O)N(c1ccc(C3CCCC3)cc1)C2. The Morgan fingerprint density at radius 3 is 2.45 bits per heavy atom. The Kier molecular flexibility index (Phi) is 3.25. The maximum absolute atomic E-state index is 12.6. The minimum atomic E-state index is 0.132. The van der Waals surface area contributed by atoms with E-state index in [-0.39, 0.29) is 5.91 Å². The van der Waals surface area contributed by atoms with Gasteiger partial charge in [0.2, 0.25) is 0 Å². The molecule has 2 heteroatoms. The number of aryl methyl sites for hydroxylation is 1. The van der Waals surface area contributed by atoms with Gasteiger partial charge in [-0.15, -0.1) is 0 Å². The van der Waals surface area contributed by atoms with E-state index < -0.39 is 0 Å². The zero-order valence-electron chi connectivity index (χ0n) is 13.0. The number of nitrogens with zero attached hydrogens (tertiary/aromatic N) is 1. The number of anilines is 1. The highest BCUT2D eigenvalue weighted by atomic mass is 16.2. The summed E-state index contributed by atoms with van der Waals surface area (Å²) in [4.78, 5) is 14.5. The van der Waals surface area contributed by atoms with Crippen LogP contribution in [0.1, 0.15) is 58.6 Å². The fourth-order valence-corrected chi connectivity index (χ4v) is 3.81. The van der Waals surface area contributed by atoms with Crippen LogP contribution in [0, 0.1) is 6.92 Å². The van der Waals surface area contributed by atoms with Gasteiger partial charge >= 0.3 is 0 Å². The van der Waals surface area contributed by atoms with E-state index in [1.165, 1.54) is 31.2 Å². The number of carbonyl (C=O) groups is 1. The molecule has 1 aliphatic heterocycles. The molecule has 2 aliphatic rings. The van der Waals surface area contributed by atoms with Crippen LogP contribution in [0.15, 0.2) is 42.5 Å². The maximum Gasteiger partial charge on any atom is 0.258 e. The van der Waals surface area contributed by atoms with Crippen LogP contribution >= 0.6 is 0 Å². The molecule has 0 atom stereocenters. The molecule has 0 radical (unpaired) electrons. The predicted octanol–water partition coefficient (Wildman–Crippen LogP) is 4.81. The standard InChI is InChI=1S/C20H21NO/c1-14-6-7-17-13-21(20(22)19(17)12-14)18-10-8-16(9-11-18)15-4-2-3-5-15/h6-12,15H,2-5,13H2,1H3. The first-order valence-electron chi connectivity index (χ1n) is 8.24. The average Bonchev–Trinajstić information content (AvgIpc) is 3.17. The molecule has 0 aromatic heterocycles. The Hall–Kier alpha value is -2.09. The van der Waals surface area contributed by atoms with E-state index in [4.69, 9.17) is 0 Å². The minimum absolute atomic E-state index is 0.132. The Morgan fingerprint density at radius 1 is 1.00 bits per heavy atom. The summed E-state index contributed by atoms with van der Waals surface area (Å²) in [6, 6.07) is 14.8. The van der Waals surface area contributed by atoms with E-state index in [2.05, 4.69) is 36.4 Å². The van der Waals surface area contributed by atoms with Crippen molar-refractivity contribution < 1.29 is 4.79 Å². The van der Waals surface area contributed by atoms with Crippen LogP contribution in [0.5, 0.6) is 0 Å². The lowest BCUT2D eigenvalue weighted by Crippen LogP contribution is -2.22. The quantitative estimate of drug-likeness (QED) is 0.777. The van der Waals surface area contributed by atoms with Crippen LogP contribution in [-0.2, 0) is 6.54 Å². The van der Waals surface area contributed by atoms with Gasteiger partial charge in [-0.3, -0.25) is 4.79 Å². The third-order valence-corrected chi connectivity index (χ3v) is 5.10. The number of carbonyl (C=O) groups excluding carboxylic acids is 1. The largest absolute Gasteiger partial charge is 0.304 e. The van der Waals surface area contributed by atoms with Crippen molar-refractivity contribution in [2.24, 2.45) is 0 Å². The lowest BCUT2D eigenvalue weighted by atomic mass is 9.97. The second kappa shape index (κ2) is 5.28. The van der Waals surface area contributed by atoms with Crippen molar-refractivity contribution in [3.05, 3.63) is 64.7 Å². The molecule has 2 nitrogen and oxygen atoms in total. The molecule has 0 bridgehead atoms. The molecule has 1 fully saturated rings. The third-order valence-electron chi connectivity index (χ3n) is 5.10. The normalized spacial score (nSPS) is 18.0. The van der Waals surface area contributed by atoms with Crippen LogP contribution in [-0.4, -0.2) is 5.91 Å². The summed E-state index contributed by atoms with van der Waals surface area (Å²) in [5.41, 5.74) is 5.59. The summed E-state index contributed by atoms with van der Waals surface area (Å²) < 4.78 is 0. The Morgan fingerprint density at radius 2 is 1.73 bits per heavy atom. The number of hydrogen-bond donors (Lipinski definition) is 0. The van der Waals surface area contributed by atoms with Gasteiger partial charge in [0.1, 0.15) is 0 Å². The molecule has 0 spiro atoms. The minimum Gasteiger partial charge on any atom is -0.304 e. The highest BCUT2D eigenvalue weighted by molar-refractivity contribution is 6.10. The van der Waals surface area contributed by atoms with E-state index in [0.717, 1.165) is 28.3 Å². The van der Waals surface area contributed by atoms with Crippen molar-refractivity contribution in [1.29, 1.82) is 0 Å². The second-order valence-corrected chi connectivity index (χ2v) is 6.62. The Bertz CT molecular complexity index is 711. The van der Waals surface area contributed by atoms with Gasteiger partial charge in [0.15, 0.2) is 0 Å². The number of rotatable bonds is 2. The predicted molar refractivity (Wildman–Crippen MR) is 89.3 cm³/mol. The van der Waals surface area contributed by atoms with Gasteiger partial charge in [-0.1, -0.05) is 42.7 Å². The van der Waals surface area contributed by atoms with E-state index >= 15 is 0 Å². The monoisotopic (exact) mass is 291 g/mol. The highest BCUT2D eigenvalue weighted by Gasteiger charge is 2.28. The molecule has 22 heavy (non-hydrogen) atoms. The summed E-state index contributed by atoms with van der Waals surface area (Å²) in [5.74, 6) is 0.857. The molecule has 0 saturated heterocycles. The Labute approximate surface area is 131 Å². The summed E-state index contributed by atoms with van der Waals surface area (Å²) >= 11 is 0. The first-order chi connectivity index (χ1) is 10.7. The van der Waals surface area contributed by atoms with Crippen LogP contribution < -0.4 is 4.90 Å². The van der Waals surface area contributed by atoms with Gasteiger partial charge in [0.05, 0.1) is 6.54 Å². The zero-order chi connectivity index (χ0) is 15.1. The molecule has 1 saturated carbocycles. The van der Waals surface area contributed by atoms with Gasteiger partial charge < -0.3 is 4.90 Å². The summed E-state index contributed by atoms with van der Waals surface area (Å²) in [7, 11) is 0. The van der Waals surface area contributed by atoms with E-state index in [0.29, 0.717) is 6.54 Å². The van der Waals surface area contributed by atoms with E-state index in [1.807, 2.05) is 17.9 Å². The van der Waals surface area contributed by atoms with E-state index in [9.17, 15) is 4.79 Å². The molecule has 1 amide bonds. The Balaban J connectivity index is 1.59. The number of benzene rings is 2.